The van der Waals surface area contributed by atoms with Gasteiger partial charge in [0.1, 0.15) is 0 Å². The van der Waals surface area contributed by atoms with Gasteiger partial charge in [0.2, 0.25) is 0 Å². The van der Waals surface area contributed by atoms with Crippen molar-refractivity contribution in [2.75, 3.05) is 0 Å². The minimum Gasteiger partial charge on any atom is -0.107 e. The van der Waals surface area contributed by atoms with Crippen molar-refractivity contribution in [2.45, 2.75) is 110 Å². The molecule has 0 aromatic rings. The highest BCUT2D eigenvalue weighted by atomic mass is 28.3. The van der Waals surface area contributed by atoms with E-state index in [-0.39, 0.29) is 0 Å². The SMILES string of the molecule is C=C[Si](C)(CCCCCCCC)CCCCCCCC. The van der Waals surface area contributed by atoms with Gasteiger partial charge in [-0.3, -0.25) is 0 Å². The Hall–Kier alpha value is -0.0431. The molecule has 0 unspecified atom stereocenters. The molecule has 0 aromatic carbocycles. The van der Waals surface area contributed by atoms with Crippen LogP contribution in [0.15, 0.2) is 12.3 Å². The van der Waals surface area contributed by atoms with Crippen molar-refractivity contribution in [3.8, 4) is 0 Å². The van der Waals surface area contributed by atoms with E-state index < -0.39 is 8.07 Å². The molecule has 0 aliphatic rings. The highest BCUT2D eigenvalue weighted by Gasteiger charge is 2.21. The second-order valence-electron chi connectivity index (χ2n) is 6.89. The Kier molecular flexibility index (Phi) is 13.9. The Morgan fingerprint density at radius 2 is 1.00 bits per heavy atom. The molecule has 0 radical (unpaired) electrons. The highest BCUT2D eigenvalue weighted by molar-refractivity contribution is 6.83. The molecule has 0 aromatic heterocycles. The van der Waals surface area contributed by atoms with Crippen LogP contribution in [0.2, 0.25) is 18.6 Å². The fraction of sp³-hybridized carbons (Fsp3) is 0.895. The van der Waals surface area contributed by atoms with Gasteiger partial charge in [0.15, 0.2) is 0 Å². The molecule has 20 heavy (non-hydrogen) atoms. The number of unbranched alkanes of at least 4 members (excludes halogenated alkanes) is 10. The van der Waals surface area contributed by atoms with Crippen LogP contribution in [-0.4, -0.2) is 8.07 Å². The van der Waals surface area contributed by atoms with Crippen LogP contribution in [0.25, 0.3) is 0 Å². The Labute approximate surface area is 130 Å². The lowest BCUT2D eigenvalue weighted by molar-refractivity contribution is 0.615. The van der Waals surface area contributed by atoms with Crippen LogP contribution in [0, 0.1) is 0 Å². The van der Waals surface area contributed by atoms with Crippen LogP contribution in [0.1, 0.15) is 90.9 Å². The van der Waals surface area contributed by atoms with Crippen molar-refractivity contribution in [3.05, 3.63) is 12.3 Å². The van der Waals surface area contributed by atoms with Crippen molar-refractivity contribution in [2.24, 2.45) is 0 Å². The molecule has 0 atom stereocenters. The molecule has 0 heterocycles. The normalized spacial score (nSPS) is 11.8. The maximum atomic E-state index is 4.15. The Balaban J connectivity index is 3.60. The van der Waals surface area contributed by atoms with Gasteiger partial charge in [-0.05, 0) is 0 Å². The Morgan fingerprint density at radius 1 is 0.650 bits per heavy atom. The number of hydrogen-bond donors (Lipinski definition) is 0. The smallest absolute Gasteiger partial charge is 0.0740 e. The van der Waals surface area contributed by atoms with Gasteiger partial charge >= 0.3 is 0 Å². The van der Waals surface area contributed by atoms with E-state index in [0.29, 0.717) is 0 Å². The van der Waals surface area contributed by atoms with Gasteiger partial charge in [-0.25, -0.2) is 0 Å². The third kappa shape index (κ3) is 11.8. The predicted octanol–water partition coefficient (Wildman–Crippen LogP) is 7.51. The molecular weight excluding hydrogens is 256 g/mol. The van der Waals surface area contributed by atoms with Gasteiger partial charge in [-0.1, -0.05) is 110 Å². The molecule has 0 saturated heterocycles. The van der Waals surface area contributed by atoms with E-state index in [1.165, 1.54) is 89.1 Å². The quantitative estimate of drug-likeness (QED) is 0.217. The summed E-state index contributed by atoms with van der Waals surface area (Å²) in [5.41, 5.74) is 2.37. The van der Waals surface area contributed by atoms with Crippen LogP contribution in [0.3, 0.4) is 0 Å². The van der Waals surface area contributed by atoms with Gasteiger partial charge in [0.25, 0.3) is 0 Å². The third-order valence-corrected chi connectivity index (χ3v) is 8.67. The third-order valence-electron chi connectivity index (χ3n) is 4.70. The van der Waals surface area contributed by atoms with Crippen molar-refractivity contribution in [1.29, 1.82) is 0 Å². The fourth-order valence-corrected chi connectivity index (χ4v) is 5.72. The molecule has 0 nitrogen and oxygen atoms in total. The van der Waals surface area contributed by atoms with Crippen molar-refractivity contribution in [1.82, 2.24) is 0 Å². The molecule has 0 N–H and O–H groups in total. The second kappa shape index (κ2) is 13.9. The molecule has 120 valence electrons. The summed E-state index contributed by atoms with van der Waals surface area (Å²) in [5.74, 6) is 0. The van der Waals surface area contributed by atoms with Crippen LogP contribution in [-0.2, 0) is 0 Å². The molecule has 1 heteroatoms. The first kappa shape index (κ1) is 20.0. The standard InChI is InChI=1S/C19H40Si/c1-5-8-10-12-14-16-18-20(4,7-3)19-17-15-13-11-9-6-2/h7H,3,5-6,8-19H2,1-2,4H3. The zero-order valence-corrected chi connectivity index (χ0v) is 15.7. The fourth-order valence-electron chi connectivity index (χ4n) is 2.95. The van der Waals surface area contributed by atoms with Crippen molar-refractivity contribution < 1.29 is 0 Å². The molecule has 0 fully saturated rings. The van der Waals surface area contributed by atoms with E-state index >= 15 is 0 Å². The van der Waals surface area contributed by atoms with E-state index in [1.54, 1.807) is 0 Å². The van der Waals surface area contributed by atoms with Gasteiger partial charge in [0, 0.05) is 0 Å². The summed E-state index contributed by atoms with van der Waals surface area (Å²) in [4.78, 5) is 0. The number of hydrogen-bond acceptors (Lipinski definition) is 0. The largest absolute Gasteiger partial charge is 0.107 e. The molecule has 0 saturated carbocycles. The van der Waals surface area contributed by atoms with Gasteiger partial charge < -0.3 is 0 Å². The van der Waals surface area contributed by atoms with Crippen LogP contribution in [0.5, 0.6) is 0 Å². The summed E-state index contributed by atoms with van der Waals surface area (Å²) in [7, 11) is -1.10. The lowest BCUT2D eigenvalue weighted by Crippen LogP contribution is -2.26. The molecule has 0 rings (SSSR count). The second-order valence-corrected chi connectivity index (χ2v) is 11.6. The Morgan fingerprint density at radius 3 is 1.35 bits per heavy atom. The molecule has 0 aliphatic heterocycles. The average Bonchev–Trinajstić information content (AvgIpc) is 2.46. The zero-order valence-electron chi connectivity index (χ0n) is 14.7. The first-order chi connectivity index (χ1) is 9.68. The summed E-state index contributed by atoms with van der Waals surface area (Å²) in [5, 5.41) is 0. The number of rotatable bonds is 15. The summed E-state index contributed by atoms with van der Waals surface area (Å²) < 4.78 is 0. The Bertz CT molecular complexity index is 194. The summed E-state index contributed by atoms with van der Waals surface area (Å²) >= 11 is 0. The van der Waals surface area contributed by atoms with Crippen LogP contribution >= 0.6 is 0 Å². The van der Waals surface area contributed by atoms with E-state index in [4.69, 9.17) is 0 Å². The molecule has 0 aliphatic carbocycles. The van der Waals surface area contributed by atoms with Crippen LogP contribution < -0.4 is 0 Å². The first-order valence-electron chi connectivity index (χ1n) is 9.32. The average molecular weight is 297 g/mol. The molecule has 0 spiro atoms. The van der Waals surface area contributed by atoms with Gasteiger partial charge in [-0.15, -0.1) is 12.3 Å². The molecular formula is C19H40Si. The minimum absolute atomic E-state index is 1.10. The highest BCUT2D eigenvalue weighted by Crippen LogP contribution is 2.24. The van der Waals surface area contributed by atoms with Gasteiger partial charge in [0.05, 0.1) is 8.07 Å². The zero-order chi connectivity index (χ0) is 15.1. The molecule has 0 amide bonds. The van der Waals surface area contributed by atoms with Crippen molar-refractivity contribution in [3.63, 3.8) is 0 Å². The van der Waals surface area contributed by atoms with E-state index in [2.05, 4.69) is 32.7 Å². The minimum atomic E-state index is -1.10. The van der Waals surface area contributed by atoms with E-state index in [0.717, 1.165) is 0 Å². The lowest BCUT2D eigenvalue weighted by atomic mass is 10.1. The lowest BCUT2D eigenvalue weighted by Gasteiger charge is -2.23. The maximum Gasteiger partial charge on any atom is 0.0740 e. The summed E-state index contributed by atoms with van der Waals surface area (Å²) in [6.07, 6.45) is 17.2. The maximum absolute atomic E-state index is 4.15. The van der Waals surface area contributed by atoms with Crippen molar-refractivity contribution >= 4 is 8.07 Å². The predicted molar refractivity (Wildman–Crippen MR) is 98.2 cm³/mol. The monoisotopic (exact) mass is 296 g/mol. The van der Waals surface area contributed by atoms with E-state index in [1.807, 2.05) is 0 Å². The van der Waals surface area contributed by atoms with E-state index in [9.17, 15) is 0 Å². The summed E-state index contributed by atoms with van der Waals surface area (Å²) in [6, 6.07) is 2.97. The molecule has 0 bridgehead atoms. The first-order valence-corrected chi connectivity index (χ1v) is 12.3. The topological polar surface area (TPSA) is 0 Å². The summed E-state index contributed by atoms with van der Waals surface area (Å²) in [6.45, 7) is 11.3. The van der Waals surface area contributed by atoms with Gasteiger partial charge in [-0.2, -0.15) is 0 Å². The van der Waals surface area contributed by atoms with Crippen LogP contribution in [0.4, 0.5) is 0 Å².